The third kappa shape index (κ3) is 5.12. The average molecular weight is 568 g/mol. The van der Waals surface area contributed by atoms with Gasteiger partial charge in [0.15, 0.2) is 6.61 Å². The minimum absolute atomic E-state index is 0.0894. The Bertz CT molecular complexity index is 1370. The fraction of sp³-hybridized carbons (Fsp3) is 0.483. The van der Waals surface area contributed by atoms with Crippen LogP contribution in [-0.4, -0.2) is 58.6 Å². The second-order valence-electron chi connectivity index (χ2n) is 11.8. The molecule has 11 heteroatoms. The Kier molecular flexibility index (Phi) is 7.24. The van der Waals surface area contributed by atoms with Gasteiger partial charge in [-0.1, -0.05) is 44.4 Å². The highest BCUT2D eigenvalue weighted by molar-refractivity contribution is 6.29. The number of anilines is 2. The number of imide groups is 1. The fourth-order valence-corrected chi connectivity index (χ4v) is 5.98. The highest BCUT2D eigenvalue weighted by atomic mass is 35.5. The first kappa shape index (κ1) is 27.9. The minimum atomic E-state index is -1.11. The molecule has 2 aromatic rings. The molecule has 0 atom stereocenters. The van der Waals surface area contributed by atoms with Gasteiger partial charge in [0.1, 0.15) is 10.7 Å². The third-order valence-corrected chi connectivity index (χ3v) is 8.28. The molecular weight excluding hydrogens is 534 g/mol. The predicted octanol–water partition coefficient (Wildman–Crippen LogP) is 4.78. The molecular formula is C29H34ClN5O5. The first-order valence-corrected chi connectivity index (χ1v) is 13.9. The van der Waals surface area contributed by atoms with E-state index in [0.717, 1.165) is 41.7 Å². The summed E-state index contributed by atoms with van der Waals surface area (Å²) in [4.78, 5) is 60.8. The van der Waals surface area contributed by atoms with Gasteiger partial charge in [-0.3, -0.25) is 9.59 Å². The molecule has 0 spiro atoms. The number of hydrogen-bond donors (Lipinski definition) is 1. The highest BCUT2D eigenvalue weighted by Gasteiger charge is 2.52. The Morgan fingerprint density at radius 3 is 2.52 bits per heavy atom. The number of urea groups is 1. The molecule has 5 rings (SSSR count). The summed E-state index contributed by atoms with van der Waals surface area (Å²) in [5, 5.41) is 3.12. The molecule has 0 unspecified atom stereocenters. The van der Waals surface area contributed by atoms with Gasteiger partial charge in [0.05, 0.1) is 5.69 Å². The molecule has 212 valence electrons. The predicted molar refractivity (Wildman–Crippen MR) is 150 cm³/mol. The number of halogens is 1. The number of aromatic nitrogens is 1. The number of alkyl carbamates (subject to hydrolysis) is 1. The maximum absolute atomic E-state index is 13.6. The Hall–Kier alpha value is -3.66. The summed E-state index contributed by atoms with van der Waals surface area (Å²) in [6.45, 7) is 7.59. The van der Waals surface area contributed by atoms with Gasteiger partial charge in [0.2, 0.25) is 0 Å². The number of amides is 5. The van der Waals surface area contributed by atoms with Crippen LogP contribution in [0, 0.1) is 0 Å². The normalized spacial score (nSPS) is 19.8. The molecule has 1 aromatic carbocycles. The average Bonchev–Trinajstić information content (AvgIpc) is 3.54. The molecule has 5 amide bonds. The van der Waals surface area contributed by atoms with Crippen molar-refractivity contribution in [1.82, 2.24) is 15.2 Å². The molecule has 3 aliphatic rings. The number of nitrogens with zero attached hydrogens (tertiary/aromatic N) is 4. The van der Waals surface area contributed by atoms with E-state index in [1.54, 1.807) is 49.2 Å². The summed E-state index contributed by atoms with van der Waals surface area (Å²) in [5.41, 5.74) is 1.13. The van der Waals surface area contributed by atoms with Crippen LogP contribution >= 0.6 is 11.6 Å². The van der Waals surface area contributed by atoms with E-state index in [4.69, 9.17) is 16.3 Å². The number of benzene rings is 1. The Balaban J connectivity index is 1.36. The number of carbonyl (C=O) groups excluding carboxylic acids is 4. The lowest BCUT2D eigenvalue weighted by molar-refractivity contribution is -0.123. The maximum atomic E-state index is 13.6. The van der Waals surface area contributed by atoms with Crippen molar-refractivity contribution in [2.75, 3.05) is 23.0 Å². The van der Waals surface area contributed by atoms with Gasteiger partial charge in [0, 0.05) is 36.4 Å². The lowest BCUT2D eigenvalue weighted by Gasteiger charge is -2.27. The second-order valence-corrected chi connectivity index (χ2v) is 12.2. The standard InChI is InChI=1S/C29H34ClN5O5/c1-28(2)17-33(24(36)16-40-26(38)32-19-7-5-6-8-19)22-14-20(9-10-21(22)28)35-25(37)29(3,4)34(27(35)39)15-18-11-12-31-23(30)13-18/h9-14,19H,5-8,15-17H2,1-4H3,(H,32,38). The Labute approximate surface area is 238 Å². The zero-order valence-electron chi connectivity index (χ0n) is 23.2. The SMILES string of the molecule is CC1(C)CN(C(=O)COC(=O)NC2CCCC2)c2cc(N3C(=O)N(Cc4ccnc(Cl)c4)C(C)(C)C3=O)ccc21. The Morgan fingerprint density at radius 2 is 1.82 bits per heavy atom. The van der Waals surface area contributed by atoms with Gasteiger partial charge in [0.25, 0.3) is 11.8 Å². The van der Waals surface area contributed by atoms with Crippen LogP contribution in [0.15, 0.2) is 36.5 Å². The van der Waals surface area contributed by atoms with E-state index in [9.17, 15) is 19.2 Å². The molecule has 40 heavy (non-hydrogen) atoms. The maximum Gasteiger partial charge on any atom is 0.407 e. The van der Waals surface area contributed by atoms with Gasteiger partial charge in [-0.15, -0.1) is 0 Å². The summed E-state index contributed by atoms with van der Waals surface area (Å²) >= 11 is 6.03. The first-order valence-electron chi connectivity index (χ1n) is 13.5. The van der Waals surface area contributed by atoms with Gasteiger partial charge < -0.3 is 19.9 Å². The van der Waals surface area contributed by atoms with Gasteiger partial charge in [-0.05, 0) is 62.1 Å². The van der Waals surface area contributed by atoms with Crippen LogP contribution in [-0.2, 0) is 26.3 Å². The van der Waals surface area contributed by atoms with Crippen molar-refractivity contribution in [3.8, 4) is 0 Å². The fourth-order valence-electron chi connectivity index (χ4n) is 5.78. The molecule has 2 fully saturated rings. The minimum Gasteiger partial charge on any atom is -0.439 e. The van der Waals surface area contributed by atoms with E-state index in [2.05, 4.69) is 10.3 Å². The lowest BCUT2D eigenvalue weighted by Crippen LogP contribution is -2.43. The second kappa shape index (κ2) is 10.4. The quantitative estimate of drug-likeness (QED) is 0.397. The van der Waals surface area contributed by atoms with E-state index in [1.165, 1.54) is 4.90 Å². The van der Waals surface area contributed by atoms with Gasteiger partial charge in [-0.2, -0.15) is 0 Å². The van der Waals surface area contributed by atoms with Crippen LogP contribution in [0.1, 0.15) is 64.5 Å². The van der Waals surface area contributed by atoms with Crippen molar-refractivity contribution in [2.45, 2.75) is 76.9 Å². The molecule has 1 saturated heterocycles. The molecule has 1 N–H and O–H groups in total. The summed E-state index contributed by atoms with van der Waals surface area (Å²) in [5.74, 6) is -0.749. The van der Waals surface area contributed by atoms with Gasteiger partial charge >= 0.3 is 12.1 Å². The summed E-state index contributed by atoms with van der Waals surface area (Å²) in [7, 11) is 0. The van der Waals surface area contributed by atoms with Crippen LogP contribution in [0.5, 0.6) is 0 Å². The number of carbonyl (C=O) groups is 4. The van der Waals surface area contributed by atoms with E-state index in [0.29, 0.717) is 23.1 Å². The molecule has 1 aromatic heterocycles. The number of fused-ring (bicyclic) bond motifs is 1. The van der Waals surface area contributed by atoms with E-state index >= 15 is 0 Å². The number of ether oxygens (including phenoxy) is 1. The molecule has 10 nitrogen and oxygen atoms in total. The van der Waals surface area contributed by atoms with Crippen molar-refractivity contribution in [1.29, 1.82) is 0 Å². The van der Waals surface area contributed by atoms with Crippen molar-refractivity contribution in [2.24, 2.45) is 0 Å². The summed E-state index contributed by atoms with van der Waals surface area (Å²) in [6, 6.07) is 8.31. The third-order valence-electron chi connectivity index (χ3n) is 8.07. The zero-order chi connectivity index (χ0) is 28.8. The van der Waals surface area contributed by atoms with Crippen molar-refractivity contribution in [3.63, 3.8) is 0 Å². The smallest absolute Gasteiger partial charge is 0.407 e. The monoisotopic (exact) mass is 567 g/mol. The van der Waals surface area contributed by atoms with Crippen molar-refractivity contribution >= 4 is 46.9 Å². The molecule has 0 radical (unpaired) electrons. The number of hydrogen-bond acceptors (Lipinski definition) is 6. The van der Waals surface area contributed by atoms with Gasteiger partial charge in [-0.25, -0.2) is 19.5 Å². The lowest BCUT2D eigenvalue weighted by atomic mass is 9.87. The van der Waals surface area contributed by atoms with Crippen LogP contribution < -0.4 is 15.1 Å². The van der Waals surface area contributed by atoms with E-state index in [-0.39, 0.29) is 29.8 Å². The molecule has 2 aliphatic heterocycles. The van der Waals surface area contributed by atoms with Crippen molar-refractivity contribution in [3.05, 3.63) is 52.8 Å². The number of nitrogens with one attached hydrogen (secondary N) is 1. The first-order chi connectivity index (χ1) is 18.9. The highest BCUT2D eigenvalue weighted by Crippen LogP contribution is 2.44. The van der Waals surface area contributed by atoms with Crippen LogP contribution in [0.4, 0.5) is 21.0 Å². The van der Waals surface area contributed by atoms with Crippen LogP contribution in [0.3, 0.4) is 0 Å². The van der Waals surface area contributed by atoms with Crippen molar-refractivity contribution < 1.29 is 23.9 Å². The molecule has 1 aliphatic carbocycles. The topological polar surface area (TPSA) is 112 Å². The summed E-state index contributed by atoms with van der Waals surface area (Å²) in [6.07, 6.45) is 4.93. The van der Waals surface area contributed by atoms with Crippen LogP contribution in [0.2, 0.25) is 5.15 Å². The van der Waals surface area contributed by atoms with E-state index in [1.807, 2.05) is 19.9 Å². The molecule has 3 heterocycles. The molecule has 0 bridgehead atoms. The Morgan fingerprint density at radius 1 is 1.10 bits per heavy atom. The number of pyridine rings is 1. The zero-order valence-corrected chi connectivity index (χ0v) is 24.0. The van der Waals surface area contributed by atoms with E-state index < -0.39 is 24.3 Å². The largest absolute Gasteiger partial charge is 0.439 e. The molecule has 1 saturated carbocycles. The summed E-state index contributed by atoms with van der Waals surface area (Å²) < 4.78 is 5.25. The van der Waals surface area contributed by atoms with Crippen LogP contribution in [0.25, 0.3) is 0 Å². The number of rotatable bonds is 6.